The predicted molar refractivity (Wildman–Crippen MR) is 102 cm³/mol. The summed E-state index contributed by atoms with van der Waals surface area (Å²) in [6.07, 6.45) is 2.70. The van der Waals surface area contributed by atoms with Crippen molar-refractivity contribution in [3.8, 4) is 11.5 Å². The maximum Gasteiger partial charge on any atom is 0.167 e. The molecule has 6 heteroatoms. The van der Waals surface area contributed by atoms with Gasteiger partial charge in [0, 0.05) is 25.1 Å². The van der Waals surface area contributed by atoms with Gasteiger partial charge < -0.3 is 19.6 Å². The zero-order chi connectivity index (χ0) is 19.3. The average molecular weight is 370 g/mol. The molecule has 1 aromatic carbocycles. The van der Waals surface area contributed by atoms with Crippen LogP contribution in [0.5, 0.6) is 11.5 Å². The van der Waals surface area contributed by atoms with Gasteiger partial charge in [-0.3, -0.25) is 4.79 Å². The van der Waals surface area contributed by atoms with Crippen molar-refractivity contribution < 1.29 is 19.5 Å². The van der Waals surface area contributed by atoms with E-state index in [0.29, 0.717) is 29.9 Å². The fraction of sp³-hybridized carbons (Fsp3) is 0.524. The Kier molecular flexibility index (Phi) is 4.17. The van der Waals surface area contributed by atoms with Crippen molar-refractivity contribution in [1.29, 1.82) is 0 Å². The maximum atomic E-state index is 12.8. The largest absolute Gasteiger partial charge is 0.493 e. The molecule has 0 fully saturated rings. The number of oxime groups is 1. The summed E-state index contributed by atoms with van der Waals surface area (Å²) in [6.45, 7) is 5.09. The van der Waals surface area contributed by atoms with Gasteiger partial charge in [0.1, 0.15) is 0 Å². The van der Waals surface area contributed by atoms with Gasteiger partial charge in [-0.2, -0.15) is 0 Å². The summed E-state index contributed by atoms with van der Waals surface area (Å²) in [7, 11) is 3.28. The molecule has 1 N–H and O–H groups in total. The van der Waals surface area contributed by atoms with E-state index in [2.05, 4.69) is 23.9 Å². The number of ether oxygens (including phenoxy) is 2. The third-order valence-corrected chi connectivity index (χ3v) is 6.00. The minimum atomic E-state index is -0.0871. The molecule has 0 aromatic heterocycles. The molecule has 2 heterocycles. The third kappa shape index (κ3) is 2.78. The highest BCUT2D eigenvalue weighted by Crippen LogP contribution is 2.49. The lowest BCUT2D eigenvalue weighted by molar-refractivity contribution is -0.118. The number of benzene rings is 1. The Morgan fingerprint density at radius 2 is 1.89 bits per heavy atom. The molecular weight excluding hydrogens is 344 g/mol. The number of ketones is 1. The lowest BCUT2D eigenvalue weighted by atomic mass is 9.71. The SMILES string of the molecule is COc1cc2c(cc1OC)C1C/C(=N\O)C3=C(CC(C)(C)CC3=O)N1CC2. The molecule has 3 aliphatic rings. The number of rotatable bonds is 2. The highest BCUT2D eigenvalue weighted by atomic mass is 16.5. The van der Waals surface area contributed by atoms with Gasteiger partial charge in [-0.25, -0.2) is 0 Å². The van der Waals surface area contributed by atoms with Crippen molar-refractivity contribution in [1.82, 2.24) is 4.90 Å². The number of hydrogen-bond acceptors (Lipinski definition) is 6. The molecule has 1 unspecified atom stereocenters. The second-order valence-corrected chi connectivity index (χ2v) is 8.38. The zero-order valence-corrected chi connectivity index (χ0v) is 16.3. The minimum absolute atomic E-state index is 0.0416. The van der Waals surface area contributed by atoms with Crippen LogP contribution in [0.25, 0.3) is 0 Å². The molecular formula is C21H26N2O4. The molecule has 0 radical (unpaired) electrons. The van der Waals surface area contributed by atoms with Crippen LogP contribution in [0.15, 0.2) is 28.6 Å². The van der Waals surface area contributed by atoms with E-state index in [1.807, 2.05) is 12.1 Å². The Morgan fingerprint density at radius 1 is 1.19 bits per heavy atom. The molecule has 0 saturated carbocycles. The Balaban J connectivity index is 1.84. The lowest BCUT2D eigenvalue weighted by Gasteiger charge is -2.48. The van der Waals surface area contributed by atoms with Crippen molar-refractivity contribution in [2.24, 2.45) is 10.6 Å². The number of allylic oxidation sites excluding steroid dienone is 2. The molecule has 0 amide bonds. The lowest BCUT2D eigenvalue weighted by Crippen LogP contribution is -2.45. The molecule has 4 rings (SSSR count). The van der Waals surface area contributed by atoms with Gasteiger partial charge in [-0.15, -0.1) is 0 Å². The molecule has 6 nitrogen and oxygen atoms in total. The normalized spacial score (nSPS) is 25.0. The van der Waals surface area contributed by atoms with E-state index < -0.39 is 0 Å². The molecule has 2 aliphatic heterocycles. The van der Waals surface area contributed by atoms with E-state index in [1.54, 1.807) is 14.2 Å². The van der Waals surface area contributed by atoms with E-state index in [4.69, 9.17) is 9.47 Å². The fourth-order valence-electron chi connectivity index (χ4n) is 4.81. The number of fused-ring (bicyclic) bond motifs is 4. The van der Waals surface area contributed by atoms with Crippen molar-refractivity contribution in [2.45, 2.75) is 45.6 Å². The van der Waals surface area contributed by atoms with Crippen molar-refractivity contribution in [2.75, 3.05) is 20.8 Å². The van der Waals surface area contributed by atoms with Crippen LogP contribution in [0.4, 0.5) is 0 Å². The summed E-state index contributed by atoms with van der Waals surface area (Å²) < 4.78 is 11.0. The van der Waals surface area contributed by atoms with Gasteiger partial charge in [0.25, 0.3) is 0 Å². The number of carbonyl (C=O) groups excluding carboxylic acids is 1. The fourth-order valence-corrected chi connectivity index (χ4v) is 4.81. The van der Waals surface area contributed by atoms with Gasteiger partial charge in [-0.05, 0) is 41.5 Å². The van der Waals surface area contributed by atoms with Crippen molar-refractivity contribution >= 4 is 11.5 Å². The smallest absolute Gasteiger partial charge is 0.167 e. The number of methoxy groups -OCH3 is 2. The van der Waals surface area contributed by atoms with Gasteiger partial charge in [0.2, 0.25) is 0 Å². The maximum absolute atomic E-state index is 12.8. The van der Waals surface area contributed by atoms with Crippen LogP contribution in [0, 0.1) is 5.41 Å². The van der Waals surface area contributed by atoms with Crippen LogP contribution in [0.2, 0.25) is 0 Å². The molecule has 144 valence electrons. The van der Waals surface area contributed by atoms with Crippen molar-refractivity contribution in [3.05, 3.63) is 34.5 Å². The minimum Gasteiger partial charge on any atom is -0.493 e. The van der Waals surface area contributed by atoms with E-state index in [0.717, 1.165) is 36.4 Å². The standard InChI is InChI=1S/C21H26N2O4/c1-21(2)10-16-20(17(24)11-21)14(22-25)9-15-13-8-19(27-4)18(26-3)7-12(13)5-6-23(15)16/h7-8,15,25H,5-6,9-11H2,1-4H3/b22-14+. The van der Waals surface area contributed by atoms with Crippen LogP contribution in [-0.2, 0) is 11.2 Å². The topological polar surface area (TPSA) is 71.4 Å². The van der Waals surface area contributed by atoms with E-state index in [9.17, 15) is 10.0 Å². The molecule has 0 spiro atoms. The van der Waals surface area contributed by atoms with Crippen molar-refractivity contribution in [3.63, 3.8) is 0 Å². The molecule has 1 aliphatic carbocycles. The third-order valence-electron chi connectivity index (χ3n) is 6.00. The molecule has 27 heavy (non-hydrogen) atoms. The van der Waals surface area contributed by atoms with E-state index in [1.165, 1.54) is 5.56 Å². The highest BCUT2D eigenvalue weighted by molar-refractivity contribution is 6.24. The second-order valence-electron chi connectivity index (χ2n) is 8.38. The first-order valence-corrected chi connectivity index (χ1v) is 9.37. The predicted octanol–water partition coefficient (Wildman–Crippen LogP) is 3.48. The summed E-state index contributed by atoms with van der Waals surface area (Å²) in [5.41, 5.74) is 4.46. The van der Waals surface area contributed by atoms with Gasteiger partial charge in [-0.1, -0.05) is 19.0 Å². The summed E-state index contributed by atoms with van der Waals surface area (Å²) in [4.78, 5) is 15.1. The molecule has 0 saturated heterocycles. The quantitative estimate of drug-likeness (QED) is 0.637. The van der Waals surface area contributed by atoms with Gasteiger partial charge in [0.05, 0.1) is 31.5 Å². The second kappa shape index (κ2) is 6.29. The van der Waals surface area contributed by atoms with Crippen LogP contribution >= 0.6 is 0 Å². The first kappa shape index (κ1) is 17.9. The Bertz CT molecular complexity index is 869. The number of hydrogen-bond donors (Lipinski definition) is 1. The Hall–Kier alpha value is -2.50. The first-order valence-electron chi connectivity index (χ1n) is 9.37. The zero-order valence-electron chi connectivity index (χ0n) is 16.3. The summed E-state index contributed by atoms with van der Waals surface area (Å²) in [5.74, 6) is 1.51. The molecule has 0 bridgehead atoms. The van der Waals surface area contributed by atoms with Crippen LogP contribution < -0.4 is 9.47 Å². The summed E-state index contributed by atoms with van der Waals surface area (Å²) in [5, 5.41) is 13.2. The monoisotopic (exact) mass is 370 g/mol. The molecule has 1 atom stereocenters. The highest BCUT2D eigenvalue weighted by Gasteiger charge is 2.44. The molecule has 1 aromatic rings. The van der Waals surface area contributed by atoms with E-state index in [-0.39, 0.29) is 17.2 Å². The number of nitrogens with zero attached hydrogens (tertiary/aromatic N) is 2. The summed E-state index contributed by atoms with van der Waals surface area (Å²) >= 11 is 0. The Morgan fingerprint density at radius 3 is 2.56 bits per heavy atom. The number of Topliss-reactive ketones (excluding diaryl/α,β-unsaturated/α-hetero) is 1. The van der Waals surface area contributed by atoms with Gasteiger partial charge >= 0.3 is 0 Å². The average Bonchev–Trinajstić information content (AvgIpc) is 2.64. The van der Waals surface area contributed by atoms with Gasteiger partial charge in [0.15, 0.2) is 17.3 Å². The van der Waals surface area contributed by atoms with Crippen LogP contribution in [0.3, 0.4) is 0 Å². The number of carbonyl (C=O) groups is 1. The summed E-state index contributed by atoms with van der Waals surface area (Å²) in [6, 6.07) is 4.11. The Labute approximate surface area is 159 Å². The van der Waals surface area contributed by atoms with Crippen LogP contribution in [0.1, 0.15) is 50.3 Å². The first-order chi connectivity index (χ1) is 12.9. The van der Waals surface area contributed by atoms with E-state index >= 15 is 0 Å². The van der Waals surface area contributed by atoms with Crippen LogP contribution in [-0.4, -0.2) is 42.4 Å².